The van der Waals surface area contributed by atoms with Gasteiger partial charge in [-0.3, -0.25) is 4.79 Å². The lowest BCUT2D eigenvalue weighted by Crippen LogP contribution is -2.09. The SMILES string of the molecule is N#CCc1ccc(NC(=O)c2cc(Br)c(Br)s2)cc1. The third-order valence-corrected chi connectivity index (χ3v) is 5.62. The summed E-state index contributed by atoms with van der Waals surface area (Å²) in [5.41, 5.74) is 1.65. The van der Waals surface area contributed by atoms with Crippen molar-refractivity contribution in [1.29, 1.82) is 5.26 Å². The molecule has 1 N–H and O–H groups in total. The Morgan fingerprint density at radius 3 is 2.53 bits per heavy atom. The Labute approximate surface area is 131 Å². The second-order valence-corrected chi connectivity index (χ2v) is 6.94. The fourth-order valence-corrected chi connectivity index (χ4v) is 3.38. The van der Waals surface area contributed by atoms with Crippen LogP contribution in [0, 0.1) is 11.3 Å². The zero-order chi connectivity index (χ0) is 13.8. The fraction of sp³-hybridized carbons (Fsp3) is 0.0769. The molecular weight excluding hydrogens is 392 g/mol. The predicted molar refractivity (Wildman–Crippen MR) is 83.4 cm³/mol. The van der Waals surface area contributed by atoms with Crippen LogP contribution in [0.2, 0.25) is 0 Å². The Morgan fingerprint density at radius 2 is 2.00 bits per heavy atom. The molecule has 0 radical (unpaired) electrons. The molecule has 0 fully saturated rings. The maximum Gasteiger partial charge on any atom is 0.265 e. The minimum atomic E-state index is -0.149. The molecule has 1 aromatic carbocycles. The normalized spacial score (nSPS) is 9.95. The van der Waals surface area contributed by atoms with Crippen molar-refractivity contribution in [1.82, 2.24) is 0 Å². The zero-order valence-electron chi connectivity index (χ0n) is 9.61. The number of hydrogen-bond acceptors (Lipinski definition) is 3. The Morgan fingerprint density at radius 1 is 1.32 bits per heavy atom. The van der Waals surface area contributed by atoms with Crippen molar-refractivity contribution < 1.29 is 4.79 Å². The van der Waals surface area contributed by atoms with Crippen LogP contribution in [-0.2, 0) is 6.42 Å². The van der Waals surface area contributed by atoms with Crippen molar-refractivity contribution in [3.05, 3.63) is 49.0 Å². The Balaban J connectivity index is 2.08. The molecule has 0 spiro atoms. The summed E-state index contributed by atoms with van der Waals surface area (Å²) in [6.45, 7) is 0. The van der Waals surface area contributed by atoms with Crippen molar-refractivity contribution in [2.75, 3.05) is 5.32 Å². The Kier molecular flexibility index (Phi) is 4.75. The van der Waals surface area contributed by atoms with Gasteiger partial charge in [0.1, 0.15) is 0 Å². The van der Waals surface area contributed by atoms with E-state index in [0.29, 0.717) is 17.0 Å². The standard InChI is InChI=1S/C13H8Br2N2OS/c14-10-7-11(19-12(10)15)13(18)17-9-3-1-8(2-4-9)5-6-16/h1-4,7H,5H2,(H,17,18). The topological polar surface area (TPSA) is 52.9 Å². The summed E-state index contributed by atoms with van der Waals surface area (Å²) in [5, 5.41) is 11.4. The van der Waals surface area contributed by atoms with Crippen LogP contribution in [0.5, 0.6) is 0 Å². The van der Waals surface area contributed by atoms with Crippen molar-refractivity contribution >= 4 is 54.8 Å². The molecule has 0 saturated carbocycles. The maximum absolute atomic E-state index is 12.0. The summed E-state index contributed by atoms with van der Waals surface area (Å²) in [6, 6.07) is 11.1. The van der Waals surface area contributed by atoms with Crippen LogP contribution < -0.4 is 5.32 Å². The smallest absolute Gasteiger partial charge is 0.265 e. The summed E-state index contributed by atoms with van der Waals surface area (Å²) >= 11 is 8.07. The van der Waals surface area contributed by atoms with E-state index in [1.165, 1.54) is 11.3 Å². The van der Waals surface area contributed by atoms with E-state index in [0.717, 1.165) is 13.8 Å². The Bertz CT molecular complexity index is 624. The quantitative estimate of drug-likeness (QED) is 0.820. The lowest BCUT2D eigenvalue weighted by Gasteiger charge is -2.03. The van der Waals surface area contributed by atoms with Gasteiger partial charge in [0, 0.05) is 10.2 Å². The van der Waals surface area contributed by atoms with Crippen LogP contribution in [0.25, 0.3) is 0 Å². The highest BCUT2D eigenvalue weighted by atomic mass is 79.9. The lowest BCUT2D eigenvalue weighted by molar-refractivity contribution is 0.103. The van der Waals surface area contributed by atoms with E-state index < -0.39 is 0 Å². The molecule has 1 aromatic heterocycles. The molecule has 3 nitrogen and oxygen atoms in total. The molecule has 0 aliphatic rings. The number of carbonyl (C=O) groups excluding carboxylic acids is 1. The number of amides is 1. The predicted octanol–water partition coefficient (Wildman–Crippen LogP) is 4.59. The number of anilines is 1. The average molecular weight is 400 g/mol. The van der Waals surface area contributed by atoms with Gasteiger partial charge in [-0.25, -0.2) is 0 Å². The minimum Gasteiger partial charge on any atom is -0.321 e. The van der Waals surface area contributed by atoms with E-state index >= 15 is 0 Å². The summed E-state index contributed by atoms with van der Waals surface area (Å²) in [5.74, 6) is -0.149. The van der Waals surface area contributed by atoms with Gasteiger partial charge in [0.15, 0.2) is 0 Å². The van der Waals surface area contributed by atoms with E-state index in [1.54, 1.807) is 18.2 Å². The van der Waals surface area contributed by atoms with Gasteiger partial charge in [0.05, 0.1) is 21.2 Å². The maximum atomic E-state index is 12.0. The number of hydrogen-bond donors (Lipinski definition) is 1. The first-order chi connectivity index (χ1) is 9.10. The van der Waals surface area contributed by atoms with Crippen molar-refractivity contribution in [3.63, 3.8) is 0 Å². The zero-order valence-corrected chi connectivity index (χ0v) is 13.6. The summed E-state index contributed by atoms with van der Waals surface area (Å²) in [4.78, 5) is 12.6. The highest BCUT2D eigenvalue weighted by Gasteiger charge is 2.12. The molecule has 19 heavy (non-hydrogen) atoms. The van der Waals surface area contributed by atoms with Crippen molar-refractivity contribution in [2.24, 2.45) is 0 Å². The van der Waals surface area contributed by atoms with E-state index in [-0.39, 0.29) is 5.91 Å². The van der Waals surface area contributed by atoms with Crippen LogP contribution in [-0.4, -0.2) is 5.91 Å². The number of thiophene rings is 1. The molecule has 0 saturated heterocycles. The third kappa shape index (κ3) is 3.66. The van der Waals surface area contributed by atoms with Crippen molar-refractivity contribution in [2.45, 2.75) is 6.42 Å². The number of nitrogens with one attached hydrogen (secondary N) is 1. The van der Waals surface area contributed by atoms with Gasteiger partial charge >= 0.3 is 0 Å². The van der Waals surface area contributed by atoms with Crippen LogP contribution >= 0.6 is 43.2 Å². The molecule has 1 heterocycles. The number of benzene rings is 1. The van der Waals surface area contributed by atoms with E-state index in [4.69, 9.17) is 5.26 Å². The summed E-state index contributed by atoms with van der Waals surface area (Å²) in [7, 11) is 0. The van der Waals surface area contributed by atoms with Gasteiger partial charge in [-0.05, 0) is 55.6 Å². The van der Waals surface area contributed by atoms with Gasteiger partial charge in [-0.1, -0.05) is 12.1 Å². The van der Waals surface area contributed by atoms with Crippen LogP contribution in [0.15, 0.2) is 38.6 Å². The second kappa shape index (κ2) is 6.33. The van der Waals surface area contributed by atoms with Crippen LogP contribution in [0.4, 0.5) is 5.69 Å². The average Bonchev–Trinajstić information content (AvgIpc) is 2.72. The molecule has 0 aliphatic carbocycles. The van der Waals surface area contributed by atoms with Crippen LogP contribution in [0.3, 0.4) is 0 Å². The van der Waals surface area contributed by atoms with E-state index in [1.807, 2.05) is 12.1 Å². The van der Waals surface area contributed by atoms with Gasteiger partial charge in [-0.15, -0.1) is 11.3 Å². The molecule has 96 valence electrons. The molecule has 0 bridgehead atoms. The van der Waals surface area contributed by atoms with Crippen molar-refractivity contribution in [3.8, 4) is 6.07 Å². The first kappa shape index (κ1) is 14.3. The van der Waals surface area contributed by atoms with Gasteiger partial charge in [0.2, 0.25) is 0 Å². The molecule has 2 aromatic rings. The lowest BCUT2D eigenvalue weighted by atomic mass is 10.1. The van der Waals surface area contributed by atoms with Gasteiger partial charge in [-0.2, -0.15) is 5.26 Å². The van der Waals surface area contributed by atoms with Crippen LogP contribution in [0.1, 0.15) is 15.2 Å². The number of rotatable bonds is 3. The molecule has 0 unspecified atom stereocenters. The first-order valence-corrected chi connectivity index (χ1v) is 7.72. The fourth-order valence-electron chi connectivity index (χ4n) is 1.45. The number of nitriles is 1. The minimum absolute atomic E-state index is 0.149. The highest BCUT2D eigenvalue weighted by Crippen LogP contribution is 2.32. The van der Waals surface area contributed by atoms with E-state index in [9.17, 15) is 4.79 Å². The Hall–Kier alpha value is -1.16. The van der Waals surface area contributed by atoms with Gasteiger partial charge < -0.3 is 5.32 Å². The second-order valence-electron chi connectivity index (χ2n) is 3.72. The molecule has 6 heteroatoms. The highest BCUT2D eigenvalue weighted by molar-refractivity contribution is 9.13. The molecule has 2 rings (SSSR count). The van der Waals surface area contributed by atoms with Gasteiger partial charge in [0.25, 0.3) is 5.91 Å². The first-order valence-electron chi connectivity index (χ1n) is 5.32. The number of carbonyl (C=O) groups is 1. The summed E-state index contributed by atoms with van der Waals surface area (Å²) in [6.07, 6.45) is 0.374. The van der Waals surface area contributed by atoms with E-state index in [2.05, 4.69) is 43.2 Å². The molecule has 0 atom stereocenters. The molecule has 0 aliphatic heterocycles. The largest absolute Gasteiger partial charge is 0.321 e. The molecular formula is C13H8Br2N2OS. The third-order valence-electron chi connectivity index (χ3n) is 2.36. The summed E-state index contributed by atoms with van der Waals surface area (Å²) < 4.78 is 1.76. The monoisotopic (exact) mass is 398 g/mol. The molecule has 1 amide bonds. The number of halogens is 2. The number of nitrogens with zero attached hydrogens (tertiary/aromatic N) is 1.